The van der Waals surface area contributed by atoms with Crippen LogP contribution in [0.5, 0.6) is 11.5 Å². The van der Waals surface area contributed by atoms with Crippen LogP contribution in [0, 0.1) is 0 Å². The number of para-hydroxylation sites is 2. The van der Waals surface area contributed by atoms with Crippen molar-refractivity contribution in [2.45, 2.75) is 6.54 Å². The third kappa shape index (κ3) is 3.76. The van der Waals surface area contributed by atoms with Gasteiger partial charge in [0, 0.05) is 12.7 Å². The van der Waals surface area contributed by atoms with E-state index in [9.17, 15) is 0 Å². The molecule has 0 atom stereocenters. The number of hydrogen-bond acceptors (Lipinski definition) is 9. The summed E-state index contributed by atoms with van der Waals surface area (Å²) in [5, 5.41) is 6.53. The van der Waals surface area contributed by atoms with Gasteiger partial charge in [-0.25, -0.2) is 15.8 Å². The number of anilines is 3. The Morgan fingerprint density at radius 3 is 2.69 bits per heavy atom. The molecule has 3 aromatic rings. The molecule has 2 heterocycles. The summed E-state index contributed by atoms with van der Waals surface area (Å²) in [6.07, 6.45) is 1.68. The molecule has 29 heavy (non-hydrogen) atoms. The summed E-state index contributed by atoms with van der Waals surface area (Å²) in [6, 6.07) is 13.4. The summed E-state index contributed by atoms with van der Waals surface area (Å²) < 4.78 is 10.6. The highest BCUT2D eigenvalue weighted by Gasteiger charge is 2.18. The zero-order valence-corrected chi connectivity index (χ0v) is 16.1. The molecule has 1 aromatic heterocycles. The second kappa shape index (κ2) is 8.03. The van der Waals surface area contributed by atoms with Crippen molar-refractivity contribution in [3.05, 3.63) is 59.8 Å². The van der Waals surface area contributed by atoms with E-state index in [2.05, 4.69) is 31.0 Å². The molecule has 4 rings (SSSR count). The van der Waals surface area contributed by atoms with Crippen LogP contribution in [-0.4, -0.2) is 30.0 Å². The molecule has 0 amide bonds. The van der Waals surface area contributed by atoms with Crippen molar-refractivity contribution in [2.24, 2.45) is 10.8 Å². The Balaban J connectivity index is 1.58. The average molecular weight is 391 g/mol. The number of ether oxygens (including phenoxy) is 2. The van der Waals surface area contributed by atoms with E-state index < -0.39 is 0 Å². The maximum atomic E-state index is 5.67. The lowest BCUT2D eigenvalue weighted by Crippen LogP contribution is -2.31. The Labute approximate surface area is 168 Å². The van der Waals surface area contributed by atoms with Gasteiger partial charge in [0.25, 0.3) is 0 Å². The van der Waals surface area contributed by atoms with Crippen molar-refractivity contribution in [3.8, 4) is 11.5 Å². The fourth-order valence-electron chi connectivity index (χ4n) is 3.00. The number of benzene rings is 2. The van der Waals surface area contributed by atoms with Crippen LogP contribution in [-0.2, 0) is 6.54 Å². The molecule has 0 saturated carbocycles. The van der Waals surface area contributed by atoms with Gasteiger partial charge in [0.2, 0.25) is 5.95 Å². The molecule has 1 aliphatic heterocycles. The summed E-state index contributed by atoms with van der Waals surface area (Å²) >= 11 is 0. The lowest BCUT2D eigenvalue weighted by Gasteiger charge is -2.12. The van der Waals surface area contributed by atoms with Gasteiger partial charge in [-0.2, -0.15) is 4.98 Å². The number of hydrazine groups is 1. The van der Waals surface area contributed by atoms with Crippen LogP contribution in [0.1, 0.15) is 11.1 Å². The van der Waals surface area contributed by atoms with E-state index >= 15 is 0 Å². The topological polar surface area (TPSA) is 119 Å². The number of aromatic nitrogens is 2. The van der Waals surface area contributed by atoms with Gasteiger partial charge in [0.1, 0.15) is 5.82 Å². The standard InChI is InChI=1S/C20H21N7O2/c1-28-16-8-7-12(9-17(16)29-2)10-22-20-23-11-13-18(26-20)24-14-5-3-4-6-15(14)25-19(13)27-21/h3-9,11H,10,21H2,1-2H3,(H,25,27)(H2,22,23,24,26). The number of aliphatic imine (C=N–C) groups is 1. The van der Waals surface area contributed by atoms with Crippen LogP contribution in [0.4, 0.5) is 23.1 Å². The fraction of sp³-hybridized carbons (Fsp3) is 0.150. The summed E-state index contributed by atoms with van der Waals surface area (Å²) in [7, 11) is 3.22. The number of amidine groups is 1. The van der Waals surface area contributed by atoms with E-state index in [4.69, 9.17) is 15.3 Å². The Bertz CT molecular complexity index is 1070. The minimum Gasteiger partial charge on any atom is -0.493 e. The van der Waals surface area contributed by atoms with Crippen LogP contribution in [0.2, 0.25) is 0 Å². The van der Waals surface area contributed by atoms with Gasteiger partial charge < -0.3 is 25.5 Å². The molecule has 9 nitrogen and oxygen atoms in total. The van der Waals surface area contributed by atoms with Gasteiger partial charge in [0.05, 0.1) is 31.2 Å². The Morgan fingerprint density at radius 2 is 1.90 bits per heavy atom. The number of rotatable bonds is 5. The minimum atomic E-state index is 0.474. The second-order valence-corrected chi connectivity index (χ2v) is 6.25. The summed E-state index contributed by atoms with van der Waals surface area (Å²) in [6.45, 7) is 0.520. The zero-order chi connectivity index (χ0) is 20.2. The van der Waals surface area contributed by atoms with Crippen molar-refractivity contribution in [1.29, 1.82) is 0 Å². The molecule has 148 valence electrons. The molecule has 0 radical (unpaired) electrons. The van der Waals surface area contributed by atoms with E-state index in [1.807, 2.05) is 42.5 Å². The second-order valence-electron chi connectivity index (χ2n) is 6.25. The van der Waals surface area contributed by atoms with Crippen LogP contribution >= 0.6 is 0 Å². The lowest BCUT2D eigenvalue weighted by molar-refractivity contribution is 0.354. The number of nitrogens with one attached hydrogen (secondary N) is 3. The highest BCUT2D eigenvalue weighted by molar-refractivity contribution is 6.06. The molecule has 0 spiro atoms. The average Bonchev–Trinajstić information content (AvgIpc) is 2.93. The van der Waals surface area contributed by atoms with Crippen molar-refractivity contribution >= 4 is 29.0 Å². The smallest absolute Gasteiger partial charge is 0.224 e. The predicted molar refractivity (Wildman–Crippen MR) is 112 cm³/mol. The maximum Gasteiger partial charge on any atom is 0.224 e. The molecule has 9 heteroatoms. The lowest BCUT2D eigenvalue weighted by atomic mass is 10.2. The molecule has 0 fully saturated rings. The van der Waals surface area contributed by atoms with Gasteiger partial charge >= 0.3 is 0 Å². The first-order valence-corrected chi connectivity index (χ1v) is 8.95. The normalized spacial score (nSPS) is 11.9. The molecular weight excluding hydrogens is 370 g/mol. The van der Waals surface area contributed by atoms with Gasteiger partial charge in [0.15, 0.2) is 17.3 Å². The highest BCUT2D eigenvalue weighted by atomic mass is 16.5. The maximum absolute atomic E-state index is 5.67. The summed E-state index contributed by atoms with van der Waals surface area (Å²) in [5.74, 6) is 8.59. The minimum absolute atomic E-state index is 0.474. The van der Waals surface area contributed by atoms with E-state index in [0.29, 0.717) is 41.2 Å². The monoisotopic (exact) mass is 391 g/mol. The third-order valence-corrected chi connectivity index (χ3v) is 4.47. The molecule has 0 saturated heterocycles. The van der Waals surface area contributed by atoms with Crippen molar-refractivity contribution in [3.63, 3.8) is 0 Å². The largest absolute Gasteiger partial charge is 0.493 e. The predicted octanol–water partition coefficient (Wildman–Crippen LogP) is 2.70. The SMILES string of the molecule is COc1ccc(CNc2ncc3c(n2)Nc2ccccc2N=C3NN)cc1OC. The van der Waals surface area contributed by atoms with Crippen molar-refractivity contribution in [2.75, 3.05) is 24.9 Å². The molecule has 0 bridgehead atoms. The molecule has 0 unspecified atom stereocenters. The molecule has 5 N–H and O–H groups in total. The van der Waals surface area contributed by atoms with Crippen LogP contribution < -0.4 is 31.4 Å². The van der Waals surface area contributed by atoms with Crippen molar-refractivity contribution < 1.29 is 9.47 Å². The van der Waals surface area contributed by atoms with Gasteiger partial charge in [-0.05, 0) is 29.8 Å². The van der Waals surface area contributed by atoms with Gasteiger partial charge in [-0.3, -0.25) is 0 Å². The summed E-state index contributed by atoms with van der Waals surface area (Å²) in [4.78, 5) is 13.5. The van der Waals surface area contributed by atoms with E-state index in [1.165, 1.54) is 0 Å². The highest BCUT2D eigenvalue weighted by Crippen LogP contribution is 2.32. The van der Waals surface area contributed by atoms with Gasteiger partial charge in [-0.1, -0.05) is 18.2 Å². The molecular formula is C20H21N7O2. The van der Waals surface area contributed by atoms with E-state index in [0.717, 1.165) is 16.9 Å². The number of nitrogens with two attached hydrogens (primary N) is 1. The number of nitrogens with zero attached hydrogens (tertiary/aromatic N) is 3. The molecule has 1 aliphatic rings. The first-order chi connectivity index (χ1) is 14.2. The molecule has 0 aliphatic carbocycles. The van der Waals surface area contributed by atoms with Crippen molar-refractivity contribution in [1.82, 2.24) is 15.4 Å². The van der Waals surface area contributed by atoms with Gasteiger partial charge in [-0.15, -0.1) is 0 Å². The summed E-state index contributed by atoms with van der Waals surface area (Å²) in [5.41, 5.74) is 5.91. The van der Waals surface area contributed by atoms with Crippen LogP contribution in [0.15, 0.2) is 53.7 Å². The zero-order valence-electron chi connectivity index (χ0n) is 16.1. The molecule has 2 aromatic carbocycles. The number of methoxy groups -OCH3 is 2. The first kappa shape index (κ1) is 18.5. The van der Waals surface area contributed by atoms with Crippen LogP contribution in [0.25, 0.3) is 0 Å². The van der Waals surface area contributed by atoms with E-state index in [1.54, 1.807) is 20.4 Å². The Hall–Kier alpha value is -3.85. The fourth-order valence-corrected chi connectivity index (χ4v) is 3.00. The number of hydrogen-bond donors (Lipinski definition) is 4. The Kier molecular flexibility index (Phi) is 5.12. The Morgan fingerprint density at radius 1 is 1.07 bits per heavy atom. The van der Waals surface area contributed by atoms with Crippen LogP contribution in [0.3, 0.4) is 0 Å². The van der Waals surface area contributed by atoms with E-state index in [-0.39, 0.29) is 0 Å². The first-order valence-electron chi connectivity index (χ1n) is 8.95. The third-order valence-electron chi connectivity index (χ3n) is 4.47. The quantitative estimate of drug-likeness (QED) is 0.387. The number of fused-ring (bicyclic) bond motifs is 2.